The first kappa shape index (κ1) is 12.0. The summed E-state index contributed by atoms with van der Waals surface area (Å²) in [6, 6.07) is 8.02. The fourth-order valence-electron chi connectivity index (χ4n) is 4.21. The number of likely N-dealkylation sites (tertiary alicyclic amines) is 1. The standard InChI is InChI=1S/C16H23NO/c1-17-10-4-9-16(8-3-6-14(16)12-17)13-5-2-7-15(18)11-13/h2,5,7,11,14,18H,3-4,6,8-10,12H2,1H3/t14-,16-/m0/s1. The molecule has 2 fully saturated rings. The van der Waals surface area contributed by atoms with E-state index in [-0.39, 0.29) is 0 Å². The van der Waals surface area contributed by atoms with Crippen molar-refractivity contribution in [2.24, 2.45) is 5.92 Å². The number of hydrogen-bond acceptors (Lipinski definition) is 2. The molecule has 1 saturated carbocycles. The van der Waals surface area contributed by atoms with E-state index in [0.29, 0.717) is 11.2 Å². The van der Waals surface area contributed by atoms with Crippen LogP contribution in [0.1, 0.15) is 37.7 Å². The summed E-state index contributed by atoms with van der Waals surface area (Å²) in [5.74, 6) is 1.19. The predicted molar refractivity (Wildman–Crippen MR) is 73.9 cm³/mol. The Morgan fingerprint density at radius 2 is 2.11 bits per heavy atom. The molecule has 2 nitrogen and oxygen atoms in total. The number of aromatic hydroxyl groups is 1. The molecule has 98 valence electrons. The van der Waals surface area contributed by atoms with Crippen LogP contribution in [-0.2, 0) is 5.41 Å². The Morgan fingerprint density at radius 1 is 1.28 bits per heavy atom. The molecule has 0 radical (unpaired) electrons. The van der Waals surface area contributed by atoms with E-state index in [0.717, 1.165) is 5.92 Å². The summed E-state index contributed by atoms with van der Waals surface area (Å²) in [5.41, 5.74) is 1.71. The molecule has 1 aromatic rings. The molecule has 0 unspecified atom stereocenters. The Bertz CT molecular complexity index is 431. The number of nitrogens with zero attached hydrogens (tertiary/aromatic N) is 1. The lowest BCUT2D eigenvalue weighted by Gasteiger charge is -2.35. The lowest BCUT2D eigenvalue weighted by molar-refractivity contribution is 0.252. The number of phenolic OH excluding ortho intramolecular Hbond substituents is 1. The lowest BCUT2D eigenvalue weighted by Crippen LogP contribution is -2.34. The van der Waals surface area contributed by atoms with Crippen molar-refractivity contribution in [3.8, 4) is 5.75 Å². The Morgan fingerprint density at radius 3 is 2.94 bits per heavy atom. The van der Waals surface area contributed by atoms with Crippen LogP contribution in [0.4, 0.5) is 0 Å². The van der Waals surface area contributed by atoms with Crippen molar-refractivity contribution in [1.29, 1.82) is 0 Å². The van der Waals surface area contributed by atoms with E-state index in [1.54, 1.807) is 6.07 Å². The molecule has 1 aromatic carbocycles. The van der Waals surface area contributed by atoms with Gasteiger partial charge in [0.2, 0.25) is 0 Å². The molecule has 2 aliphatic rings. The molecule has 0 spiro atoms. The maximum absolute atomic E-state index is 9.77. The molecule has 1 saturated heterocycles. The highest BCUT2D eigenvalue weighted by molar-refractivity contribution is 5.35. The Labute approximate surface area is 110 Å². The van der Waals surface area contributed by atoms with Gasteiger partial charge in [0, 0.05) is 6.54 Å². The molecule has 1 aliphatic heterocycles. The van der Waals surface area contributed by atoms with Gasteiger partial charge in [-0.3, -0.25) is 0 Å². The van der Waals surface area contributed by atoms with Gasteiger partial charge in [-0.1, -0.05) is 18.6 Å². The van der Waals surface area contributed by atoms with E-state index in [1.807, 2.05) is 12.1 Å². The molecule has 0 amide bonds. The zero-order chi connectivity index (χ0) is 12.6. The van der Waals surface area contributed by atoms with Gasteiger partial charge in [0.25, 0.3) is 0 Å². The summed E-state index contributed by atoms with van der Waals surface area (Å²) in [4.78, 5) is 2.49. The van der Waals surface area contributed by atoms with Crippen molar-refractivity contribution < 1.29 is 5.11 Å². The van der Waals surface area contributed by atoms with Crippen LogP contribution < -0.4 is 0 Å². The molecular formula is C16H23NO. The van der Waals surface area contributed by atoms with E-state index in [9.17, 15) is 5.11 Å². The average molecular weight is 245 g/mol. The first-order chi connectivity index (χ1) is 8.71. The monoisotopic (exact) mass is 245 g/mol. The zero-order valence-corrected chi connectivity index (χ0v) is 11.2. The van der Waals surface area contributed by atoms with Gasteiger partial charge in [-0.25, -0.2) is 0 Å². The minimum atomic E-state index is 0.337. The van der Waals surface area contributed by atoms with Crippen LogP contribution in [0.5, 0.6) is 5.75 Å². The third-order valence-corrected chi connectivity index (χ3v) is 5.07. The quantitative estimate of drug-likeness (QED) is 0.821. The maximum atomic E-state index is 9.77. The van der Waals surface area contributed by atoms with Gasteiger partial charge < -0.3 is 10.0 Å². The van der Waals surface area contributed by atoms with Crippen LogP contribution >= 0.6 is 0 Å². The molecule has 3 rings (SSSR count). The van der Waals surface area contributed by atoms with Gasteiger partial charge in [-0.05, 0) is 68.3 Å². The third kappa shape index (κ3) is 1.93. The molecule has 2 atom stereocenters. The molecule has 1 heterocycles. The fourth-order valence-corrected chi connectivity index (χ4v) is 4.21. The van der Waals surface area contributed by atoms with E-state index in [2.05, 4.69) is 18.0 Å². The number of phenols is 1. The van der Waals surface area contributed by atoms with Crippen molar-refractivity contribution in [1.82, 2.24) is 4.90 Å². The summed E-state index contributed by atoms with van der Waals surface area (Å²) >= 11 is 0. The van der Waals surface area contributed by atoms with E-state index < -0.39 is 0 Å². The first-order valence-electron chi connectivity index (χ1n) is 7.19. The number of fused-ring (bicyclic) bond motifs is 1. The number of hydrogen-bond donors (Lipinski definition) is 1. The van der Waals surface area contributed by atoms with Crippen LogP contribution in [0.3, 0.4) is 0 Å². The number of rotatable bonds is 1. The van der Waals surface area contributed by atoms with Gasteiger partial charge in [0.05, 0.1) is 0 Å². The summed E-state index contributed by atoms with van der Waals surface area (Å²) < 4.78 is 0. The minimum absolute atomic E-state index is 0.337. The maximum Gasteiger partial charge on any atom is 0.115 e. The van der Waals surface area contributed by atoms with Crippen LogP contribution in [-0.4, -0.2) is 30.1 Å². The van der Waals surface area contributed by atoms with Gasteiger partial charge in [0.1, 0.15) is 5.75 Å². The highest BCUT2D eigenvalue weighted by atomic mass is 16.3. The largest absolute Gasteiger partial charge is 0.508 e. The fraction of sp³-hybridized carbons (Fsp3) is 0.625. The third-order valence-electron chi connectivity index (χ3n) is 5.07. The van der Waals surface area contributed by atoms with E-state index >= 15 is 0 Å². The molecular weight excluding hydrogens is 222 g/mol. The summed E-state index contributed by atoms with van der Waals surface area (Å²) in [6.07, 6.45) is 6.55. The molecule has 1 N–H and O–H groups in total. The zero-order valence-electron chi connectivity index (χ0n) is 11.2. The molecule has 1 aliphatic carbocycles. The van der Waals surface area contributed by atoms with Crippen molar-refractivity contribution in [3.63, 3.8) is 0 Å². The van der Waals surface area contributed by atoms with Crippen molar-refractivity contribution >= 4 is 0 Å². The van der Waals surface area contributed by atoms with Crippen LogP contribution in [0.25, 0.3) is 0 Å². The predicted octanol–water partition coefficient (Wildman–Crippen LogP) is 3.16. The minimum Gasteiger partial charge on any atom is -0.508 e. The van der Waals surface area contributed by atoms with Crippen LogP contribution in [0.2, 0.25) is 0 Å². The first-order valence-corrected chi connectivity index (χ1v) is 7.19. The SMILES string of the molecule is CN1CCC[C@]2(c3cccc(O)c3)CCC[C@H]2C1. The highest BCUT2D eigenvalue weighted by Crippen LogP contribution is 2.50. The smallest absolute Gasteiger partial charge is 0.115 e. The summed E-state index contributed by atoms with van der Waals surface area (Å²) in [5, 5.41) is 9.77. The Hall–Kier alpha value is -1.02. The number of benzene rings is 1. The second-order valence-electron chi connectivity index (χ2n) is 6.16. The van der Waals surface area contributed by atoms with Gasteiger partial charge in [-0.15, -0.1) is 0 Å². The topological polar surface area (TPSA) is 23.5 Å². The van der Waals surface area contributed by atoms with E-state index in [1.165, 1.54) is 50.8 Å². The van der Waals surface area contributed by atoms with Crippen molar-refractivity contribution in [2.45, 2.75) is 37.5 Å². The highest BCUT2D eigenvalue weighted by Gasteiger charge is 2.45. The molecule has 18 heavy (non-hydrogen) atoms. The Kier molecular flexibility index (Phi) is 3.06. The van der Waals surface area contributed by atoms with Gasteiger partial charge >= 0.3 is 0 Å². The Balaban J connectivity index is 2.00. The average Bonchev–Trinajstić information content (AvgIpc) is 2.66. The molecule has 0 aromatic heterocycles. The second kappa shape index (κ2) is 4.58. The summed E-state index contributed by atoms with van der Waals surface area (Å²) in [6.45, 7) is 2.44. The van der Waals surface area contributed by atoms with Gasteiger partial charge in [-0.2, -0.15) is 0 Å². The second-order valence-corrected chi connectivity index (χ2v) is 6.16. The normalized spacial score (nSPS) is 33.1. The molecule has 0 bridgehead atoms. The van der Waals surface area contributed by atoms with Crippen molar-refractivity contribution in [2.75, 3.05) is 20.1 Å². The molecule has 2 heteroatoms. The van der Waals surface area contributed by atoms with E-state index in [4.69, 9.17) is 0 Å². The summed E-state index contributed by atoms with van der Waals surface area (Å²) in [7, 11) is 2.25. The van der Waals surface area contributed by atoms with Crippen molar-refractivity contribution in [3.05, 3.63) is 29.8 Å². The van der Waals surface area contributed by atoms with Crippen LogP contribution in [0, 0.1) is 5.92 Å². The lowest BCUT2D eigenvalue weighted by atomic mass is 9.69. The van der Waals surface area contributed by atoms with Crippen LogP contribution in [0.15, 0.2) is 24.3 Å². The van der Waals surface area contributed by atoms with Gasteiger partial charge in [0.15, 0.2) is 0 Å².